The van der Waals surface area contributed by atoms with Gasteiger partial charge in [-0.05, 0) is 19.3 Å². The minimum absolute atomic E-state index is 0.0494. The maximum Gasteiger partial charge on any atom is 0.308 e. The molecule has 3 unspecified atom stereocenters. The van der Waals surface area contributed by atoms with E-state index < -0.39 is 18.0 Å². The zero-order chi connectivity index (χ0) is 13.5. The molecule has 0 aromatic rings. The number of rotatable bonds is 7. The molecule has 3 atom stereocenters. The number of carbonyl (C=O) groups excluding carboxylic acids is 1. The van der Waals surface area contributed by atoms with Crippen LogP contribution in [-0.2, 0) is 14.3 Å². The van der Waals surface area contributed by atoms with Gasteiger partial charge in [0.1, 0.15) is 6.10 Å². The zero-order valence-electron chi connectivity index (χ0n) is 10.7. The fraction of sp³-hybridized carbons (Fsp3) is 0.833. The summed E-state index contributed by atoms with van der Waals surface area (Å²) in [6, 6.07) is 0. The summed E-state index contributed by atoms with van der Waals surface area (Å²) in [5.74, 6) is -1.62. The van der Waals surface area contributed by atoms with Gasteiger partial charge in [0, 0.05) is 13.1 Å². The van der Waals surface area contributed by atoms with Gasteiger partial charge in [-0.3, -0.25) is 9.59 Å². The highest BCUT2D eigenvalue weighted by atomic mass is 16.5. The van der Waals surface area contributed by atoms with Crippen molar-refractivity contribution < 1.29 is 19.4 Å². The quantitative estimate of drug-likeness (QED) is 0.601. The molecule has 4 N–H and O–H groups in total. The molecule has 1 amide bonds. The van der Waals surface area contributed by atoms with Crippen LogP contribution in [0.4, 0.5) is 0 Å². The summed E-state index contributed by atoms with van der Waals surface area (Å²) < 4.78 is 5.44. The number of nitrogens with one attached hydrogen (secondary N) is 1. The van der Waals surface area contributed by atoms with Gasteiger partial charge >= 0.3 is 5.97 Å². The van der Waals surface area contributed by atoms with Crippen molar-refractivity contribution in [2.75, 3.05) is 13.1 Å². The molecular weight excluding hydrogens is 236 g/mol. The number of ether oxygens (including phenoxy) is 1. The van der Waals surface area contributed by atoms with Crippen molar-refractivity contribution in [1.29, 1.82) is 0 Å². The molecule has 1 aliphatic heterocycles. The van der Waals surface area contributed by atoms with Gasteiger partial charge in [0.05, 0.1) is 12.0 Å². The standard InChI is InChI=1S/C12H22N2O4/c1-2-3-8(12(16)17)7-14-11(15)10-5-4-9(6-13)18-10/h8-10H,2-7,13H2,1H3,(H,14,15)(H,16,17). The van der Waals surface area contributed by atoms with Gasteiger partial charge in [0.25, 0.3) is 0 Å². The third-order valence-electron chi connectivity index (χ3n) is 3.17. The summed E-state index contributed by atoms with van der Waals surface area (Å²) in [5.41, 5.74) is 5.46. The summed E-state index contributed by atoms with van der Waals surface area (Å²) in [6.07, 6.45) is 2.25. The van der Waals surface area contributed by atoms with Crippen molar-refractivity contribution >= 4 is 11.9 Å². The van der Waals surface area contributed by atoms with Crippen LogP contribution in [0, 0.1) is 5.92 Å². The maximum atomic E-state index is 11.8. The van der Waals surface area contributed by atoms with Gasteiger partial charge < -0.3 is 20.9 Å². The monoisotopic (exact) mass is 258 g/mol. The van der Waals surface area contributed by atoms with Crippen LogP contribution in [0.25, 0.3) is 0 Å². The summed E-state index contributed by atoms with van der Waals surface area (Å²) >= 11 is 0. The number of carbonyl (C=O) groups is 2. The van der Waals surface area contributed by atoms with Crippen LogP contribution in [0.3, 0.4) is 0 Å². The van der Waals surface area contributed by atoms with Gasteiger partial charge in [0.2, 0.25) is 5.91 Å². The molecule has 104 valence electrons. The van der Waals surface area contributed by atoms with Gasteiger partial charge in [-0.1, -0.05) is 13.3 Å². The Hall–Kier alpha value is -1.14. The predicted molar refractivity (Wildman–Crippen MR) is 66.0 cm³/mol. The first-order valence-electron chi connectivity index (χ1n) is 6.44. The number of nitrogens with two attached hydrogens (primary N) is 1. The Morgan fingerprint density at radius 2 is 2.22 bits per heavy atom. The minimum Gasteiger partial charge on any atom is -0.481 e. The fourth-order valence-corrected chi connectivity index (χ4v) is 2.07. The Morgan fingerprint density at radius 3 is 2.72 bits per heavy atom. The first-order valence-corrected chi connectivity index (χ1v) is 6.44. The number of carboxylic acids is 1. The van der Waals surface area contributed by atoms with Crippen LogP contribution in [0.2, 0.25) is 0 Å². The van der Waals surface area contributed by atoms with E-state index >= 15 is 0 Å². The first-order chi connectivity index (χ1) is 8.58. The Bertz CT molecular complexity index is 296. The maximum absolute atomic E-state index is 11.8. The van der Waals surface area contributed by atoms with Crippen molar-refractivity contribution in [2.24, 2.45) is 11.7 Å². The number of hydrogen-bond donors (Lipinski definition) is 3. The Labute approximate surface area is 107 Å². The van der Waals surface area contributed by atoms with Gasteiger partial charge in [-0.15, -0.1) is 0 Å². The topological polar surface area (TPSA) is 102 Å². The summed E-state index contributed by atoms with van der Waals surface area (Å²) in [7, 11) is 0. The van der Waals surface area contributed by atoms with E-state index in [2.05, 4.69) is 5.32 Å². The van der Waals surface area contributed by atoms with E-state index in [0.717, 1.165) is 12.8 Å². The second-order valence-corrected chi connectivity index (χ2v) is 4.63. The van der Waals surface area contributed by atoms with E-state index in [9.17, 15) is 9.59 Å². The average molecular weight is 258 g/mol. The molecule has 1 rings (SSSR count). The van der Waals surface area contributed by atoms with Crippen molar-refractivity contribution in [3.05, 3.63) is 0 Å². The van der Waals surface area contributed by atoms with Crippen LogP contribution >= 0.6 is 0 Å². The highest BCUT2D eigenvalue weighted by Crippen LogP contribution is 2.19. The molecule has 1 aliphatic rings. The summed E-state index contributed by atoms with van der Waals surface area (Å²) in [4.78, 5) is 22.7. The highest BCUT2D eigenvalue weighted by Gasteiger charge is 2.30. The lowest BCUT2D eigenvalue weighted by molar-refractivity contribution is -0.142. The SMILES string of the molecule is CCCC(CNC(=O)C1CCC(CN)O1)C(=O)O. The van der Waals surface area contributed by atoms with Crippen molar-refractivity contribution in [2.45, 2.75) is 44.8 Å². The van der Waals surface area contributed by atoms with Crippen LogP contribution in [0.15, 0.2) is 0 Å². The molecule has 0 aromatic heterocycles. The molecule has 0 aromatic carbocycles. The smallest absolute Gasteiger partial charge is 0.308 e. The van der Waals surface area contributed by atoms with Crippen LogP contribution in [-0.4, -0.2) is 42.3 Å². The molecule has 0 aliphatic carbocycles. The van der Waals surface area contributed by atoms with E-state index in [-0.39, 0.29) is 18.6 Å². The van der Waals surface area contributed by atoms with Gasteiger partial charge in [0.15, 0.2) is 0 Å². The average Bonchev–Trinajstić information content (AvgIpc) is 2.82. The van der Waals surface area contributed by atoms with E-state index in [0.29, 0.717) is 19.4 Å². The molecule has 0 radical (unpaired) electrons. The largest absolute Gasteiger partial charge is 0.481 e. The molecule has 1 saturated heterocycles. The molecule has 18 heavy (non-hydrogen) atoms. The van der Waals surface area contributed by atoms with E-state index in [1.165, 1.54) is 0 Å². The molecule has 0 bridgehead atoms. The Balaban J connectivity index is 2.34. The van der Waals surface area contributed by atoms with E-state index in [1.54, 1.807) is 0 Å². The number of amides is 1. The lowest BCUT2D eigenvalue weighted by atomic mass is 10.0. The Kier molecular flexibility index (Phi) is 6.07. The van der Waals surface area contributed by atoms with Crippen molar-refractivity contribution in [3.8, 4) is 0 Å². The van der Waals surface area contributed by atoms with Crippen LogP contribution in [0.5, 0.6) is 0 Å². The molecule has 0 spiro atoms. The second-order valence-electron chi connectivity index (χ2n) is 4.63. The lowest BCUT2D eigenvalue weighted by Gasteiger charge is -2.15. The van der Waals surface area contributed by atoms with Crippen LogP contribution in [0.1, 0.15) is 32.6 Å². The number of carboxylic acid groups (broad SMARTS) is 1. The van der Waals surface area contributed by atoms with Gasteiger partial charge in [-0.25, -0.2) is 0 Å². The van der Waals surface area contributed by atoms with E-state index in [4.69, 9.17) is 15.6 Å². The van der Waals surface area contributed by atoms with E-state index in [1.807, 2.05) is 6.92 Å². The zero-order valence-corrected chi connectivity index (χ0v) is 10.7. The molecule has 0 saturated carbocycles. The third-order valence-corrected chi connectivity index (χ3v) is 3.17. The second kappa shape index (κ2) is 7.33. The number of hydrogen-bond acceptors (Lipinski definition) is 4. The van der Waals surface area contributed by atoms with Crippen LogP contribution < -0.4 is 11.1 Å². The summed E-state index contributed by atoms with van der Waals surface area (Å²) in [6.45, 7) is 2.50. The summed E-state index contributed by atoms with van der Waals surface area (Å²) in [5, 5.41) is 11.6. The molecule has 6 nitrogen and oxygen atoms in total. The third kappa shape index (κ3) is 4.27. The highest BCUT2D eigenvalue weighted by molar-refractivity contribution is 5.81. The van der Waals surface area contributed by atoms with Gasteiger partial charge in [-0.2, -0.15) is 0 Å². The normalized spacial score (nSPS) is 24.8. The predicted octanol–water partition coefficient (Wildman–Crippen LogP) is 0.110. The molecule has 1 heterocycles. The number of aliphatic carboxylic acids is 1. The molecular formula is C12H22N2O4. The minimum atomic E-state index is -0.871. The Morgan fingerprint density at radius 1 is 1.50 bits per heavy atom. The van der Waals surface area contributed by atoms with Crippen molar-refractivity contribution in [1.82, 2.24) is 5.32 Å². The first kappa shape index (κ1) is 14.9. The fourth-order valence-electron chi connectivity index (χ4n) is 2.07. The molecule has 6 heteroatoms. The lowest BCUT2D eigenvalue weighted by Crippen LogP contribution is -2.39. The molecule has 1 fully saturated rings. The van der Waals surface area contributed by atoms with Crippen molar-refractivity contribution in [3.63, 3.8) is 0 Å².